The molecule has 2 heteroatoms. The Morgan fingerprint density at radius 1 is 0.429 bits per heavy atom. The van der Waals surface area contributed by atoms with E-state index in [-0.39, 0.29) is 0 Å². The third kappa shape index (κ3) is 6.33. The highest BCUT2D eigenvalue weighted by atomic mass is 14.9. The molecule has 146 valence electrons. The van der Waals surface area contributed by atoms with Gasteiger partial charge >= 0.3 is 0 Å². The molecule has 0 fully saturated rings. The Bertz CT molecular complexity index is 793. The molecule has 0 aliphatic carbocycles. The highest BCUT2D eigenvalue weighted by Gasteiger charge is 2.00. The van der Waals surface area contributed by atoms with E-state index in [1.54, 1.807) is 0 Å². The Balaban J connectivity index is 1.44. The molecule has 0 atom stereocenters. The molecule has 0 amide bonds. The number of hydrogen-bond acceptors (Lipinski definition) is 2. The fraction of sp³-hybridized carbons (Fsp3) is 0.308. The van der Waals surface area contributed by atoms with Crippen LogP contribution in [0.2, 0.25) is 0 Å². The Morgan fingerprint density at radius 2 is 0.714 bits per heavy atom. The number of hydrogen-bond donors (Lipinski definition) is 2. The number of benzene rings is 3. The van der Waals surface area contributed by atoms with E-state index >= 15 is 0 Å². The van der Waals surface area contributed by atoms with Crippen molar-refractivity contribution in [3.8, 4) is 0 Å². The molecule has 0 aliphatic rings. The lowest BCUT2D eigenvalue weighted by Crippen LogP contribution is -2.14. The first kappa shape index (κ1) is 20.3. The van der Waals surface area contributed by atoms with Crippen molar-refractivity contribution in [2.75, 3.05) is 0 Å². The Morgan fingerprint density at radius 3 is 1.04 bits per heavy atom. The molecular formula is C26H32N2. The molecule has 0 aliphatic heterocycles. The van der Waals surface area contributed by atoms with Gasteiger partial charge in [-0.15, -0.1) is 0 Å². The van der Waals surface area contributed by atoms with E-state index in [0.29, 0.717) is 0 Å². The Hall–Kier alpha value is -2.42. The summed E-state index contributed by atoms with van der Waals surface area (Å²) in [7, 11) is 0. The monoisotopic (exact) mass is 372 g/mol. The van der Waals surface area contributed by atoms with Crippen molar-refractivity contribution in [3.05, 3.63) is 105 Å². The van der Waals surface area contributed by atoms with E-state index in [9.17, 15) is 0 Å². The summed E-state index contributed by atoms with van der Waals surface area (Å²) < 4.78 is 0. The molecule has 3 rings (SSSR count). The van der Waals surface area contributed by atoms with Crippen LogP contribution in [0.3, 0.4) is 0 Å². The van der Waals surface area contributed by atoms with Crippen LogP contribution < -0.4 is 10.6 Å². The lowest BCUT2D eigenvalue weighted by molar-refractivity contribution is 0.685. The molecule has 0 spiro atoms. The summed E-state index contributed by atoms with van der Waals surface area (Å²) in [5.41, 5.74) is 10.7. The molecule has 0 aromatic heterocycles. The molecule has 0 heterocycles. The van der Waals surface area contributed by atoms with Gasteiger partial charge in [0.15, 0.2) is 0 Å². The van der Waals surface area contributed by atoms with Gasteiger partial charge in [0.05, 0.1) is 0 Å². The minimum absolute atomic E-state index is 0.892. The topological polar surface area (TPSA) is 24.1 Å². The molecule has 0 saturated heterocycles. The molecule has 2 nitrogen and oxygen atoms in total. The number of nitrogens with one attached hydrogen (secondary N) is 2. The minimum atomic E-state index is 0.892. The third-order valence-electron chi connectivity index (χ3n) is 4.90. The fourth-order valence-electron chi connectivity index (χ4n) is 3.82. The average Bonchev–Trinajstić information content (AvgIpc) is 2.61. The summed E-state index contributed by atoms with van der Waals surface area (Å²) in [6.45, 7) is 12.2. The van der Waals surface area contributed by atoms with Crippen molar-refractivity contribution in [2.45, 2.75) is 53.9 Å². The van der Waals surface area contributed by atoms with Gasteiger partial charge in [-0.1, -0.05) is 82.9 Å². The molecule has 0 saturated carbocycles. The first-order chi connectivity index (χ1) is 13.5. The van der Waals surface area contributed by atoms with E-state index in [1.165, 1.54) is 44.5 Å². The number of aryl methyl sites for hydroxylation is 4. The predicted octanol–water partition coefficient (Wildman–Crippen LogP) is 5.50. The predicted molar refractivity (Wildman–Crippen MR) is 119 cm³/mol. The summed E-state index contributed by atoms with van der Waals surface area (Å²) in [5, 5.41) is 7.10. The van der Waals surface area contributed by atoms with E-state index in [2.05, 4.69) is 99.0 Å². The zero-order chi connectivity index (χ0) is 19.9. The second kappa shape index (κ2) is 9.68. The molecule has 2 N–H and O–H groups in total. The van der Waals surface area contributed by atoms with E-state index in [4.69, 9.17) is 0 Å². The fourth-order valence-corrected chi connectivity index (χ4v) is 3.82. The van der Waals surface area contributed by atoms with Crippen molar-refractivity contribution in [3.63, 3.8) is 0 Å². The highest BCUT2D eigenvalue weighted by Crippen LogP contribution is 2.11. The second-order valence-corrected chi connectivity index (χ2v) is 8.02. The Labute approximate surface area is 170 Å². The van der Waals surface area contributed by atoms with Gasteiger partial charge in [0.2, 0.25) is 0 Å². The van der Waals surface area contributed by atoms with Crippen LogP contribution in [-0.4, -0.2) is 0 Å². The maximum absolute atomic E-state index is 3.55. The average molecular weight is 373 g/mol. The lowest BCUT2D eigenvalue weighted by Gasteiger charge is -2.09. The van der Waals surface area contributed by atoms with Crippen LogP contribution in [-0.2, 0) is 26.2 Å². The summed E-state index contributed by atoms with van der Waals surface area (Å²) in [6.07, 6.45) is 0. The SMILES string of the molecule is Cc1cc(C)cc(CNCc2ccc(CNCc3cc(C)cc(C)c3)cc2)c1. The van der Waals surface area contributed by atoms with Crippen molar-refractivity contribution in [1.82, 2.24) is 10.6 Å². The zero-order valence-corrected chi connectivity index (χ0v) is 17.6. The normalized spacial score (nSPS) is 11.0. The van der Waals surface area contributed by atoms with Crippen LogP contribution in [0.15, 0.2) is 60.7 Å². The van der Waals surface area contributed by atoms with Gasteiger partial charge in [-0.05, 0) is 49.9 Å². The maximum Gasteiger partial charge on any atom is 0.0208 e. The highest BCUT2D eigenvalue weighted by molar-refractivity contribution is 5.30. The molecule has 3 aromatic rings. The zero-order valence-electron chi connectivity index (χ0n) is 17.6. The van der Waals surface area contributed by atoms with E-state index < -0.39 is 0 Å². The molecule has 0 radical (unpaired) electrons. The maximum atomic E-state index is 3.55. The summed E-state index contributed by atoms with van der Waals surface area (Å²) in [6, 6.07) is 22.4. The van der Waals surface area contributed by atoms with Gasteiger partial charge in [-0.25, -0.2) is 0 Å². The summed E-state index contributed by atoms with van der Waals surface area (Å²) >= 11 is 0. The second-order valence-electron chi connectivity index (χ2n) is 8.02. The van der Waals surface area contributed by atoms with Crippen LogP contribution in [0, 0.1) is 27.7 Å². The molecule has 0 bridgehead atoms. The quantitative estimate of drug-likeness (QED) is 0.545. The van der Waals surface area contributed by atoms with Crippen LogP contribution in [0.25, 0.3) is 0 Å². The van der Waals surface area contributed by atoms with Gasteiger partial charge in [-0.2, -0.15) is 0 Å². The van der Waals surface area contributed by atoms with Crippen LogP contribution >= 0.6 is 0 Å². The minimum Gasteiger partial charge on any atom is -0.309 e. The molecule has 3 aromatic carbocycles. The van der Waals surface area contributed by atoms with Gasteiger partial charge in [0, 0.05) is 26.2 Å². The van der Waals surface area contributed by atoms with Gasteiger partial charge in [0.1, 0.15) is 0 Å². The van der Waals surface area contributed by atoms with Crippen LogP contribution in [0.5, 0.6) is 0 Å². The van der Waals surface area contributed by atoms with Crippen molar-refractivity contribution in [1.29, 1.82) is 0 Å². The van der Waals surface area contributed by atoms with Crippen molar-refractivity contribution in [2.24, 2.45) is 0 Å². The first-order valence-corrected chi connectivity index (χ1v) is 10.1. The lowest BCUT2D eigenvalue weighted by atomic mass is 10.1. The largest absolute Gasteiger partial charge is 0.309 e. The van der Waals surface area contributed by atoms with E-state index in [1.807, 2.05) is 0 Å². The number of rotatable bonds is 8. The van der Waals surface area contributed by atoms with Crippen molar-refractivity contribution >= 4 is 0 Å². The van der Waals surface area contributed by atoms with E-state index in [0.717, 1.165) is 26.2 Å². The molecule has 0 unspecified atom stereocenters. The summed E-state index contributed by atoms with van der Waals surface area (Å²) in [5.74, 6) is 0. The van der Waals surface area contributed by atoms with Gasteiger partial charge < -0.3 is 10.6 Å². The Kier molecular flexibility index (Phi) is 7.02. The van der Waals surface area contributed by atoms with Crippen LogP contribution in [0.4, 0.5) is 0 Å². The van der Waals surface area contributed by atoms with Crippen molar-refractivity contribution < 1.29 is 0 Å². The third-order valence-corrected chi connectivity index (χ3v) is 4.90. The molecular weight excluding hydrogens is 340 g/mol. The standard InChI is InChI=1S/C26H32N2/c1-19-9-20(2)12-25(11-19)17-27-15-23-5-7-24(8-6-23)16-28-18-26-13-21(3)10-22(4)14-26/h5-14,27-28H,15-18H2,1-4H3. The van der Waals surface area contributed by atoms with Crippen LogP contribution in [0.1, 0.15) is 44.5 Å². The van der Waals surface area contributed by atoms with Gasteiger partial charge in [0.25, 0.3) is 0 Å². The molecule has 28 heavy (non-hydrogen) atoms. The first-order valence-electron chi connectivity index (χ1n) is 10.1. The summed E-state index contributed by atoms with van der Waals surface area (Å²) in [4.78, 5) is 0. The smallest absolute Gasteiger partial charge is 0.0208 e. The van der Waals surface area contributed by atoms with Gasteiger partial charge in [-0.3, -0.25) is 0 Å².